The summed E-state index contributed by atoms with van der Waals surface area (Å²) >= 11 is 0. The molecular weight excluding hydrogens is 328 g/mol. The number of anilines is 1. The van der Waals surface area contributed by atoms with Crippen molar-refractivity contribution < 1.29 is 18.4 Å². The minimum atomic E-state index is -0.518. The maximum atomic E-state index is 13.7. The van der Waals surface area contributed by atoms with Crippen LogP contribution in [0.4, 0.5) is 14.5 Å². The Hall–Kier alpha value is -2.83. The first kappa shape index (κ1) is 17.0. The average molecular weight is 345 g/mol. The van der Waals surface area contributed by atoms with Crippen molar-refractivity contribution in [2.45, 2.75) is 18.8 Å². The van der Waals surface area contributed by atoms with Gasteiger partial charge in [0.2, 0.25) is 11.8 Å². The third kappa shape index (κ3) is 4.37. The van der Waals surface area contributed by atoms with E-state index in [9.17, 15) is 18.4 Å². The first-order valence-electron chi connectivity index (χ1n) is 7.97. The van der Waals surface area contributed by atoms with Crippen LogP contribution in [0.3, 0.4) is 0 Å². The second-order valence-electron chi connectivity index (χ2n) is 5.94. The number of nitrogens with zero attached hydrogens (tertiary/aromatic N) is 1. The molecule has 0 radical (unpaired) electrons. The van der Waals surface area contributed by atoms with Crippen LogP contribution < -0.4 is 10.6 Å². The number of benzene rings is 1. The van der Waals surface area contributed by atoms with E-state index in [-0.39, 0.29) is 42.2 Å². The van der Waals surface area contributed by atoms with Crippen LogP contribution in [0.15, 0.2) is 42.7 Å². The van der Waals surface area contributed by atoms with E-state index >= 15 is 0 Å². The Morgan fingerprint density at radius 3 is 2.68 bits per heavy atom. The van der Waals surface area contributed by atoms with Crippen LogP contribution in [0.5, 0.6) is 0 Å². The lowest BCUT2D eigenvalue weighted by atomic mass is 10.1. The summed E-state index contributed by atoms with van der Waals surface area (Å²) in [5, 5.41) is 5.35. The average Bonchev–Trinajstić information content (AvgIpc) is 3.38. The first-order valence-corrected chi connectivity index (χ1v) is 7.97. The predicted octanol–water partition coefficient (Wildman–Crippen LogP) is 2.61. The molecule has 1 aromatic heterocycles. The molecule has 2 N–H and O–H groups in total. The van der Waals surface area contributed by atoms with Crippen molar-refractivity contribution in [3.63, 3.8) is 0 Å². The smallest absolute Gasteiger partial charge is 0.226 e. The Morgan fingerprint density at radius 2 is 1.92 bits per heavy atom. The largest absolute Gasteiger partial charge is 0.355 e. The predicted molar refractivity (Wildman–Crippen MR) is 87.7 cm³/mol. The Kier molecular flexibility index (Phi) is 5.02. The second-order valence-corrected chi connectivity index (χ2v) is 5.94. The van der Waals surface area contributed by atoms with Gasteiger partial charge >= 0.3 is 0 Å². The van der Waals surface area contributed by atoms with E-state index in [2.05, 4.69) is 15.6 Å². The van der Waals surface area contributed by atoms with Gasteiger partial charge in [-0.15, -0.1) is 0 Å². The van der Waals surface area contributed by atoms with E-state index in [1.54, 1.807) is 24.5 Å². The van der Waals surface area contributed by atoms with E-state index in [1.807, 2.05) is 0 Å². The molecule has 2 aromatic rings. The summed E-state index contributed by atoms with van der Waals surface area (Å²) < 4.78 is 26.9. The number of amides is 2. The van der Waals surface area contributed by atoms with Crippen LogP contribution in [-0.4, -0.2) is 23.3 Å². The first-order chi connectivity index (χ1) is 12.0. The molecule has 3 rings (SSSR count). The van der Waals surface area contributed by atoms with E-state index in [0.717, 1.165) is 18.2 Å². The number of carbonyl (C=O) groups excluding carboxylic acids is 2. The molecule has 2 amide bonds. The highest BCUT2D eigenvalue weighted by Crippen LogP contribution is 2.48. The van der Waals surface area contributed by atoms with Gasteiger partial charge in [-0.25, -0.2) is 8.78 Å². The molecule has 1 fully saturated rings. The highest BCUT2D eigenvalue weighted by atomic mass is 19.1. The summed E-state index contributed by atoms with van der Waals surface area (Å²) in [7, 11) is 0. The Bertz CT molecular complexity index is 783. The summed E-state index contributed by atoms with van der Waals surface area (Å²) in [6, 6.07) is 6.59. The van der Waals surface area contributed by atoms with Crippen molar-refractivity contribution in [1.29, 1.82) is 0 Å². The summed E-state index contributed by atoms with van der Waals surface area (Å²) in [6.07, 6.45) is 3.74. The normalized spacial score (nSPS) is 18.5. The topological polar surface area (TPSA) is 71.1 Å². The van der Waals surface area contributed by atoms with Gasteiger partial charge in [0.05, 0.1) is 0 Å². The van der Waals surface area contributed by atoms with Crippen molar-refractivity contribution in [3.05, 3.63) is 59.9 Å². The minimum absolute atomic E-state index is 0.125. The second kappa shape index (κ2) is 7.38. The van der Waals surface area contributed by atoms with E-state index in [1.165, 1.54) is 0 Å². The molecule has 1 aromatic carbocycles. The van der Waals surface area contributed by atoms with E-state index in [0.29, 0.717) is 12.1 Å². The number of aromatic nitrogens is 1. The molecule has 7 heteroatoms. The van der Waals surface area contributed by atoms with Gasteiger partial charge in [0.15, 0.2) is 0 Å². The molecule has 1 aliphatic rings. The van der Waals surface area contributed by atoms with Crippen molar-refractivity contribution in [2.24, 2.45) is 5.92 Å². The maximum absolute atomic E-state index is 13.7. The number of carbonyl (C=O) groups is 2. The van der Waals surface area contributed by atoms with Crippen LogP contribution in [0, 0.1) is 17.6 Å². The van der Waals surface area contributed by atoms with Crippen molar-refractivity contribution in [3.8, 4) is 0 Å². The molecular formula is C18H17F2N3O2. The molecule has 0 unspecified atom stereocenters. The van der Waals surface area contributed by atoms with E-state index in [4.69, 9.17) is 0 Å². The molecule has 1 heterocycles. The van der Waals surface area contributed by atoms with Gasteiger partial charge in [0.1, 0.15) is 11.6 Å². The third-order valence-electron chi connectivity index (χ3n) is 4.10. The highest BCUT2D eigenvalue weighted by molar-refractivity contribution is 5.91. The third-order valence-corrected chi connectivity index (χ3v) is 4.10. The summed E-state index contributed by atoms with van der Waals surface area (Å²) in [5.41, 5.74) is 0.866. The van der Waals surface area contributed by atoms with Gasteiger partial charge < -0.3 is 10.6 Å². The molecule has 0 saturated heterocycles. The van der Waals surface area contributed by atoms with Gasteiger partial charge in [-0.3, -0.25) is 14.6 Å². The maximum Gasteiger partial charge on any atom is 0.226 e. The number of hydrogen-bond donors (Lipinski definition) is 2. The van der Waals surface area contributed by atoms with Gasteiger partial charge in [0.25, 0.3) is 0 Å². The number of hydrogen-bond acceptors (Lipinski definition) is 3. The number of nitrogens with one attached hydrogen (secondary N) is 2. The van der Waals surface area contributed by atoms with Gasteiger partial charge in [0, 0.05) is 37.0 Å². The van der Waals surface area contributed by atoms with Crippen LogP contribution in [0.2, 0.25) is 0 Å². The highest BCUT2D eigenvalue weighted by Gasteiger charge is 2.45. The summed E-state index contributed by atoms with van der Waals surface area (Å²) in [4.78, 5) is 27.7. The molecule has 5 nitrogen and oxygen atoms in total. The fourth-order valence-corrected chi connectivity index (χ4v) is 2.72. The fourth-order valence-electron chi connectivity index (χ4n) is 2.72. The van der Waals surface area contributed by atoms with Gasteiger partial charge in [-0.2, -0.15) is 0 Å². The fraction of sp³-hybridized carbons (Fsp3) is 0.278. The summed E-state index contributed by atoms with van der Waals surface area (Å²) in [6.45, 7) is 0.185. The van der Waals surface area contributed by atoms with Gasteiger partial charge in [-0.1, -0.05) is 0 Å². The lowest BCUT2D eigenvalue weighted by molar-refractivity contribution is -0.122. The Morgan fingerprint density at radius 1 is 1.16 bits per heavy atom. The van der Waals surface area contributed by atoms with Gasteiger partial charge in [-0.05, 0) is 48.2 Å². The van der Waals surface area contributed by atoms with Crippen molar-refractivity contribution in [1.82, 2.24) is 10.3 Å². The number of pyridine rings is 1. The zero-order chi connectivity index (χ0) is 17.8. The molecule has 1 saturated carbocycles. The van der Waals surface area contributed by atoms with Crippen LogP contribution in [-0.2, 0) is 9.59 Å². The molecule has 25 heavy (non-hydrogen) atoms. The zero-order valence-corrected chi connectivity index (χ0v) is 13.3. The standard InChI is InChI=1S/C18H17F2N3O2/c19-11-1-2-16(20)14(9-11)13-10-15(13)18(25)22-8-5-17(24)23-12-3-6-21-7-4-12/h1-4,6-7,9,13,15H,5,8,10H2,(H,22,25)(H,21,23,24)/t13-,15+/m1/s1. The lowest BCUT2D eigenvalue weighted by Gasteiger charge is -2.07. The lowest BCUT2D eigenvalue weighted by Crippen LogP contribution is -2.29. The molecule has 0 aliphatic heterocycles. The minimum Gasteiger partial charge on any atom is -0.355 e. The number of rotatable bonds is 6. The Labute approximate surface area is 143 Å². The van der Waals surface area contributed by atoms with Crippen LogP contribution in [0.25, 0.3) is 0 Å². The van der Waals surface area contributed by atoms with Crippen LogP contribution >= 0.6 is 0 Å². The molecule has 1 aliphatic carbocycles. The molecule has 0 spiro atoms. The quantitative estimate of drug-likeness (QED) is 0.845. The monoisotopic (exact) mass is 345 g/mol. The van der Waals surface area contributed by atoms with Crippen LogP contribution in [0.1, 0.15) is 24.3 Å². The molecule has 0 bridgehead atoms. The summed E-state index contributed by atoms with van der Waals surface area (Å²) in [5.74, 6) is -2.17. The van der Waals surface area contributed by atoms with E-state index < -0.39 is 11.6 Å². The molecule has 2 atom stereocenters. The molecule has 130 valence electrons. The number of halogens is 2. The Balaban J connectivity index is 1.43. The van der Waals surface area contributed by atoms with Crippen molar-refractivity contribution >= 4 is 17.5 Å². The zero-order valence-electron chi connectivity index (χ0n) is 13.3. The SMILES string of the molecule is O=C(CCNC(=O)[C@H]1C[C@@H]1c1cc(F)ccc1F)Nc1ccncc1. The van der Waals surface area contributed by atoms with Crippen molar-refractivity contribution in [2.75, 3.05) is 11.9 Å².